The molecule has 142 valence electrons. The Morgan fingerprint density at radius 3 is 2.38 bits per heavy atom. The summed E-state index contributed by atoms with van der Waals surface area (Å²) in [5.74, 6) is 1.01. The van der Waals surface area contributed by atoms with Crippen molar-refractivity contribution in [3.05, 3.63) is 29.8 Å². The molecule has 2 amide bonds. The maximum Gasteiger partial charge on any atom is 0.276 e. The Kier molecular flexibility index (Phi) is 7.84. The monoisotopic (exact) mass is 377 g/mol. The molecule has 1 aliphatic rings. The molecule has 1 aromatic rings. The zero-order valence-electron chi connectivity index (χ0n) is 15.3. The van der Waals surface area contributed by atoms with Crippen molar-refractivity contribution in [3.63, 3.8) is 0 Å². The fourth-order valence-electron chi connectivity index (χ4n) is 2.95. The maximum absolute atomic E-state index is 11.9. The number of thiocarbonyl (C=S) groups is 1. The Labute approximate surface area is 160 Å². The summed E-state index contributed by atoms with van der Waals surface area (Å²) in [6.07, 6.45) is 5.05. The van der Waals surface area contributed by atoms with Gasteiger partial charge in [0.05, 0.1) is 0 Å². The second kappa shape index (κ2) is 10.1. The summed E-state index contributed by atoms with van der Waals surface area (Å²) in [5.41, 5.74) is 6.14. The maximum atomic E-state index is 11.9. The first-order valence-electron chi connectivity index (χ1n) is 9.05. The van der Waals surface area contributed by atoms with Crippen molar-refractivity contribution in [2.45, 2.75) is 51.9 Å². The van der Waals surface area contributed by atoms with Crippen molar-refractivity contribution in [3.8, 4) is 5.75 Å². The highest BCUT2D eigenvalue weighted by molar-refractivity contribution is 7.80. The van der Waals surface area contributed by atoms with Gasteiger partial charge < -0.3 is 10.1 Å². The molecule has 7 heteroatoms. The molecule has 0 bridgehead atoms. The Balaban J connectivity index is 1.62. The van der Waals surface area contributed by atoms with Crippen LogP contribution in [0.3, 0.4) is 0 Å². The van der Waals surface area contributed by atoms with Crippen LogP contribution in [-0.2, 0) is 9.59 Å². The molecule has 0 saturated heterocycles. The van der Waals surface area contributed by atoms with E-state index in [1.807, 2.05) is 24.3 Å². The molecular formula is C19H27N3O3S. The lowest BCUT2D eigenvalue weighted by atomic mass is 10.0. The van der Waals surface area contributed by atoms with Gasteiger partial charge in [-0.1, -0.05) is 38.8 Å². The van der Waals surface area contributed by atoms with Gasteiger partial charge in [0, 0.05) is 6.42 Å². The van der Waals surface area contributed by atoms with E-state index < -0.39 is 0 Å². The third kappa shape index (κ3) is 7.00. The molecule has 1 aromatic carbocycles. The molecule has 0 heterocycles. The van der Waals surface area contributed by atoms with Gasteiger partial charge in [-0.3, -0.25) is 20.4 Å². The number of ether oxygens (including phenoxy) is 1. The van der Waals surface area contributed by atoms with E-state index >= 15 is 0 Å². The summed E-state index contributed by atoms with van der Waals surface area (Å²) in [6, 6.07) is 7.63. The van der Waals surface area contributed by atoms with Gasteiger partial charge in [-0.25, -0.2) is 0 Å². The molecular weight excluding hydrogens is 350 g/mol. The van der Waals surface area contributed by atoms with Crippen LogP contribution in [0.2, 0.25) is 0 Å². The normalized spacial score (nSPS) is 14.1. The predicted molar refractivity (Wildman–Crippen MR) is 105 cm³/mol. The zero-order chi connectivity index (χ0) is 18.9. The Hall–Kier alpha value is -2.15. The van der Waals surface area contributed by atoms with Gasteiger partial charge >= 0.3 is 0 Å². The molecule has 1 saturated carbocycles. The third-order valence-electron chi connectivity index (χ3n) is 4.43. The quantitative estimate of drug-likeness (QED) is 0.525. The van der Waals surface area contributed by atoms with Crippen LogP contribution in [0.4, 0.5) is 0 Å². The first-order chi connectivity index (χ1) is 12.4. The topological polar surface area (TPSA) is 79.5 Å². The minimum absolute atomic E-state index is 0.0858. The summed E-state index contributed by atoms with van der Waals surface area (Å²) in [5, 5.41) is 2.66. The van der Waals surface area contributed by atoms with Crippen LogP contribution < -0.4 is 20.9 Å². The Bertz CT molecular complexity index is 625. The number of amides is 2. The number of carbonyl (C=O) groups is 2. The van der Waals surface area contributed by atoms with Crippen molar-refractivity contribution in [2.24, 2.45) is 5.92 Å². The van der Waals surface area contributed by atoms with E-state index in [1.54, 1.807) is 0 Å². The van der Waals surface area contributed by atoms with Crippen molar-refractivity contribution >= 4 is 29.1 Å². The number of nitrogens with one attached hydrogen (secondary N) is 3. The van der Waals surface area contributed by atoms with E-state index in [9.17, 15) is 9.59 Å². The van der Waals surface area contributed by atoms with Gasteiger partial charge in [-0.2, -0.15) is 0 Å². The first kappa shape index (κ1) is 20.2. The van der Waals surface area contributed by atoms with Gasteiger partial charge in [0.15, 0.2) is 11.7 Å². The van der Waals surface area contributed by atoms with E-state index in [4.69, 9.17) is 17.0 Å². The van der Waals surface area contributed by atoms with E-state index in [0.717, 1.165) is 12.8 Å². The van der Waals surface area contributed by atoms with Crippen molar-refractivity contribution < 1.29 is 14.3 Å². The highest BCUT2D eigenvalue weighted by atomic mass is 32.1. The average Bonchev–Trinajstić information content (AvgIpc) is 3.11. The molecule has 0 unspecified atom stereocenters. The summed E-state index contributed by atoms with van der Waals surface area (Å²) in [7, 11) is 0. The summed E-state index contributed by atoms with van der Waals surface area (Å²) in [6.45, 7) is 4.08. The van der Waals surface area contributed by atoms with Crippen molar-refractivity contribution in [2.75, 3.05) is 6.61 Å². The first-order valence-corrected chi connectivity index (χ1v) is 9.46. The third-order valence-corrected chi connectivity index (χ3v) is 4.64. The molecule has 0 aliphatic heterocycles. The number of hydrazine groups is 1. The van der Waals surface area contributed by atoms with Crippen molar-refractivity contribution in [1.29, 1.82) is 0 Å². The van der Waals surface area contributed by atoms with Gasteiger partial charge in [0.2, 0.25) is 5.91 Å². The van der Waals surface area contributed by atoms with Crippen LogP contribution in [0.15, 0.2) is 24.3 Å². The number of hydrogen-bond acceptors (Lipinski definition) is 4. The molecule has 3 N–H and O–H groups in total. The Morgan fingerprint density at radius 2 is 1.77 bits per heavy atom. The van der Waals surface area contributed by atoms with Gasteiger partial charge in [-0.05, 0) is 54.6 Å². The highest BCUT2D eigenvalue weighted by Crippen LogP contribution is 2.27. The standard InChI is InChI=1S/C19H27N3O3S/c1-13(2)15-7-9-16(10-8-15)25-12-18(24)21-22-19(26)20-17(23)11-14-5-3-4-6-14/h7-10,13-14H,3-6,11-12H2,1-2H3,(H,21,24)(H2,20,22,23,26). The molecule has 1 aliphatic carbocycles. The van der Waals surface area contributed by atoms with Crippen LogP contribution in [0, 0.1) is 5.92 Å². The minimum atomic E-state index is -0.384. The average molecular weight is 378 g/mol. The fourth-order valence-corrected chi connectivity index (χ4v) is 3.11. The van der Waals surface area contributed by atoms with E-state index in [1.165, 1.54) is 18.4 Å². The SMILES string of the molecule is CC(C)c1ccc(OCC(=O)NNC(=S)NC(=O)CC2CCCC2)cc1. The van der Waals surface area contributed by atoms with Gasteiger partial charge in [0.25, 0.3) is 5.91 Å². The largest absolute Gasteiger partial charge is 0.484 e. The van der Waals surface area contributed by atoms with Gasteiger partial charge in [-0.15, -0.1) is 0 Å². The lowest BCUT2D eigenvalue weighted by Crippen LogP contribution is -2.49. The summed E-state index contributed by atoms with van der Waals surface area (Å²) < 4.78 is 5.42. The second-order valence-electron chi connectivity index (χ2n) is 6.92. The predicted octanol–water partition coefficient (Wildman–Crippen LogP) is 2.79. The number of carbonyl (C=O) groups excluding carboxylic acids is 2. The van der Waals surface area contributed by atoms with Crippen LogP contribution in [0.25, 0.3) is 0 Å². The summed E-state index contributed by atoms with van der Waals surface area (Å²) in [4.78, 5) is 23.7. The van der Waals surface area contributed by atoms with E-state index in [2.05, 4.69) is 30.0 Å². The van der Waals surface area contributed by atoms with Crippen LogP contribution in [-0.4, -0.2) is 23.5 Å². The fraction of sp³-hybridized carbons (Fsp3) is 0.526. The van der Waals surface area contributed by atoms with Crippen LogP contribution in [0.5, 0.6) is 5.75 Å². The molecule has 0 aromatic heterocycles. The highest BCUT2D eigenvalue weighted by Gasteiger charge is 2.18. The smallest absolute Gasteiger partial charge is 0.276 e. The lowest BCUT2D eigenvalue weighted by Gasteiger charge is -2.13. The van der Waals surface area contributed by atoms with Gasteiger partial charge in [0.1, 0.15) is 5.75 Å². The molecule has 26 heavy (non-hydrogen) atoms. The lowest BCUT2D eigenvalue weighted by molar-refractivity contribution is -0.124. The van der Waals surface area contributed by atoms with Crippen LogP contribution in [0.1, 0.15) is 57.4 Å². The minimum Gasteiger partial charge on any atom is -0.484 e. The second-order valence-corrected chi connectivity index (χ2v) is 7.33. The number of benzene rings is 1. The summed E-state index contributed by atoms with van der Waals surface area (Å²) >= 11 is 5.01. The molecule has 0 atom stereocenters. The molecule has 2 rings (SSSR count). The van der Waals surface area contributed by atoms with Crippen molar-refractivity contribution in [1.82, 2.24) is 16.2 Å². The molecule has 0 spiro atoms. The van der Waals surface area contributed by atoms with E-state index in [0.29, 0.717) is 24.0 Å². The number of rotatable bonds is 6. The molecule has 1 fully saturated rings. The van der Waals surface area contributed by atoms with E-state index in [-0.39, 0.29) is 23.5 Å². The zero-order valence-corrected chi connectivity index (χ0v) is 16.2. The Morgan fingerprint density at radius 1 is 1.12 bits per heavy atom. The van der Waals surface area contributed by atoms with Crippen LogP contribution >= 0.6 is 12.2 Å². The number of hydrogen-bond donors (Lipinski definition) is 3. The molecule has 0 radical (unpaired) electrons. The molecule has 6 nitrogen and oxygen atoms in total.